The maximum atomic E-state index is 11.6. The van der Waals surface area contributed by atoms with E-state index in [0.29, 0.717) is 0 Å². The van der Waals surface area contributed by atoms with Crippen LogP contribution in [0.2, 0.25) is 0 Å². The maximum absolute atomic E-state index is 11.6. The molecule has 0 aliphatic carbocycles. The Morgan fingerprint density at radius 1 is 1.30 bits per heavy atom. The van der Waals surface area contributed by atoms with E-state index < -0.39 is 36.9 Å². The third-order valence-corrected chi connectivity index (χ3v) is 1.21. The van der Waals surface area contributed by atoms with Crippen molar-refractivity contribution >= 4 is 11.0 Å². The first kappa shape index (κ1) is 9.77. The molecule has 0 aliphatic heterocycles. The van der Waals surface area contributed by atoms with Crippen LogP contribution in [-0.4, -0.2) is 28.4 Å². The molecule has 0 aromatic rings. The molecular weight excluding hydrogens is 166 g/mol. The molecule has 10 heavy (non-hydrogen) atoms. The average molecular weight is 174 g/mol. The van der Waals surface area contributed by atoms with E-state index in [1.807, 2.05) is 0 Å². The van der Waals surface area contributed by atoms with Crippen LogP contribution >= 0.6 is 0 Å². The molecule has 62 valence electrons. The molecule has 0 unspecified atom stereocenters. The standard InChI is InChI=1S/C4H8F2O3S/c5-1-4(2-6)3-9-10(7)8/h4,10H,1-3H2. The molecule has 0 spiro atoms. The van der Waals surface area contributed by atoms with Gasteiger partial charge < -0.3 is 0 Å². The quantitative estimate of drug-likeness (QED) is 0.600. The smallest absolute Gasteiger partial charge is 0.257 e. The van der Waals surface area contributed by atoms with E-state index in [1.54, 1.807) is 0 Å². The Morgan fingerprint density at radius 3 is 2.10 bits per heavy atom. The summed E-state index contributed by atoms with van der Waals surface area (Å²) in [5.41, 5.74) is 0. The summed E-state index contributed by atoms with van der Waals surface area (Å²) in [4.78, 5) is 0. The van der Waals surface area contributed by atoms with Gasteiger partial charge in [0.15, 0.2) is 0 Å². The second-order valence-electron chi connectivity index (χ2n) is 1.69. The highest BCUT2D eigenvalue weighted by atomic mass is 32.2. The lowest BCUT2D eigenvalue weighted by Crippen LogP contribution is -2.13. The number of hydrogen-bond donors (Lipinski definition) is 1. The molecule has 0 saturated heterocycles. The molecule has 0 radical (unpaired) electrons. The molecule has 0 bridgehead atoms. The monoisotopic (exact) mass is 174 g/mol. The van der Waals surface area contributed by atoms with Crippen LogP contribution in [0.5, 0.6) is 0 Å². The number of rotatable bonds is 5. The van der Waals surface area contributed by atoms with Gasteiger partial charge in [0.05, 0.1) is 20.0 Å². The highest BCUT2D eigenvalue weighted by Gasteiger charge is 2.07. The molecule has 0 fully saturated rings. The van der Waals surface area contributed by atoms with Crippen molar-refractivity contribution in [3.05, 3.63) is 0 Å². The van der Waals surface area contributed by atoms with Gasteiger partial charge in [0, 0.05) is 5.92 Å². The predicted molar refractivity (Wildman–Crippen MR) is 31.7 cm³/mol. The lowest BCUT2D eigenvalue weighted by molar-refractivity contribution is 0.196. The van der Waals surface area contributed by atoms with Crippen LogP contribution in [0.4, 0.5) is 8.78 Å². The second-order valence-corrected chi connectivity index (χ2v) is 2.40. The summed E-state index contributed by atoms with van der Waals surface area (Å²) >= 11 is 0. The third kappa shape index (κ3) is 4.63. The minimum atomic E-state index is -2.98. The number of hydrogen-bond acceptors (Lipinski definition) is 3. The third-order valence-electron chi connectivity index (χ3n) is 0.852. The fourth-order valence-electron chi connectivity index (χ4n) is 0.297. The van der Waals surface area contributed by atoms with Gasteiger partial charge in [-0.25, -0.2) is 8.42 Å². The fourth-order valence-corrected chi connectivity index (χ4v) is 0.629. The lowest BCUT2D eigenvalue weighted by Gasteiger charge is -2.03. The van der Waals surface area contributed by atoms with Crippen LogP contribution in [0.3, 0.4) is 0 Å². The van der Waals surface area contributed by atoms with Gasteiger partial charge in [0.1, 0.15) is 0 Å². The van der Waals surface area contributed by atoms with Crippen molar-refractivity contribution in [1.82, 2.24) is 0 Å². The summed E-state index contributed by atoms with van der Waals surface area (Å²) in [6, 6.07) is 0. The van der Waals surface area contributed by atoms with Gasteiger partial charge in [0.2, 0.25) is 0 Å². The van der Waals surface area contributed by atoms with Crippen LogP contribution in [0.25, 0.3) is 0 Å². The van der Waals surface area contributed by atoms with Crippen molar-refractivity contribution in [3.8, 4) is 0 Å². The van der Waals surface area contributed by atoms with Crippen LogP contribution < -0.4 is 0 Å². The predicted octanol–water partition coefficient (Wildman–Crippen LogP) is 0.0846. The molecule has 3 nitrogen and oxygen atoms in total. The van der Waals surface area contributed by atoms with E-state index in [9.17, 15) is 17.2 Å². The molecule has 0 aliphatic rings. The van der Waals surface area contributed by atoms with Crippen molar-refractivity contribution in [3.63, 3.8) is 0 Å². The first-order valence-corrected chi connectivity index (χ1v) is 3.69. The Kier molecular flexibility index (Phi) is 5.42. The van der Waals surface area contributed by atoms with Crippen molar-refractivity contribution in [2.75, 3.05) is 20.0 Å². The molecule has 0 rings (SSSR count). The van der Waals surface area contributed by atoms with E-state index in [-0.39, 0.29) is 0 Å². The minimum Gasteiger partial charge on any atom is -0.272 e. The Morgan fingerprint density at radius 2 is 1.80 bits per heavy atom. The van der Waals surface area contributed by atoms with E-state index in [0.717, 1.165) is 0 Å². The zero-order valence-corrected chi connectivity index (χ0v) is 6.02. The van der Waals surface area contributed by atoms with Gasteiger partial charge >= 0.3 is 0 Å². The number of alkyl halides is 2. The van der Waals surface area contributed by atoms with Gasteiger partial charge in [-0.15, -0.1) is 0 Å². The molecule has 0 amide bonds. The molecular formula is C4H8F2O3S. The Labute approximate surface area is 59.1 Å². The summed E-state index contributed by atoms with van der Waals surface area (Å²) in [6.45, 7) is -2.22. The zero-order valence-electron chi connectivity index (χ0n) is 5.13. The molecule has 0 aromatic carbocycles. The zero-order chi connectivity index (χ0) is 7.98. The highest BCUT2D eigenvalue weighted by Crippen LogP contribution is 1.98. The van der Waals surface area contributed by atoms with Crippen LogP contribution in [0.1, 0.15) is 0 Å². The molecule has 0 saturated carbocycles. The van der Waals surface area contributed by atoms with E-state index in [4.69, 9.17) is 0 Å². The largest absolute Gasteiger partial charge is 0.272 e. The van der Waals surface area contributed by atoms with Crippen LogP contribution in [0, 0.1) is 5.92 Å². The van der Waals surface area contributed by atoms with E-state index in [2.05, 4.69) is 4.18 Å². The van der Waals surface area contributed by atoms with Crippen molar-refractivity contribution < 1.29 is 21.4 Å². The summed E-state index contributed by atoms with van der Waals surface area (Å²) in [7, 11) is -2.98. The van der Waals surface area contributed by atoms with Gasteiger partial charge in [-0.05, 0) is 0 Å². The summed E-state index contributed by atoms with van der Waals surface area (Å²) < 4.78 is 46.6. The first-order chi connectivity index (χ1) is 4.70. The normalized spacial score (nSPS) is 11.2. The Hall–Kier alpha value is -0.230. The Bertz CT molecular complexity index is 135. The molecule has 6 heteroatoms. The first-order valence-electron chi connectivity index (χ1n) is 2.60. The molecule has 0 atom stereocenters. The van der Waals surface area contributed by atoms with Crippen molar-refractivity contribution in [2.24, 2.45) is 5.92 Å². The molecule has 0 heterocycles. The van der Waals surface area contributed by atoms with Gasteiger partial charge in [-0.1, -0.05) is 0 Å². The number of halogens is 2. The fraction of sp³-hybridized carbons (Fsp3) is 1.00. The van der Waals surface area contributed by atoms with Crippen molar-refractivity contribution in [1.29, 1.82) is 0 Å². The molecule has 0 aromatic heterocycles. The van der Waals surface area contributed by atoms with Gasteiger partial charge in [-0.2, -0.15) is 0 Å². The number of thiol groups is 1. The lowest BCUT2D eigenvalue weighted by atomic mass is 10.2. The van der Waals surface area contributed by atoms with Crippen molar-refractivity contribution in [2.45, 2.75) is 0 Å². The molecule has 0 N–H and O–H groups in total. The van der Waals surface area contributed by atoms with Gasteiger partial charge in [0.25, 0.3) is 11.0 Å². The SMILES string of the molecule is O=[SH](=O)OCC(CF)CF. The second kappa shape index (κ2) is 5.55. The van der Waals surface area contributed by atoms with E-state index >= 15 is 0 Å². The summed E-state index contributed by atoms with van der Waals surface area (Å²) in [5.74, 6) is -0.951. The van der Waals surface area contributed by atoms with Crippen LogP contribution in [0.15, 0.2) is 0 Å². The maximum Gasteiger partial charge on any atom is 0.257 e. The average Bonchev–Trinajstić information content (AvgIpc) is 1.90. The summed E-state index contributed by atoms with van der Waals surface area (Å²) in [5, 5.41) is 0. The van der Waals surface area contributed by atoms with Crippen LogP contribution in [-0.2, 0) is 15.2 Å². The summed E-state index contributed by atoms with van der Waals surface area (Å²) in [6.07, 6.45) is 0. The van der Waals surface area contributed by atoms with Gasteiger partial charge in [-0.3, -0.25) is 13.0 Å². The minimum absolute atomic E-state index is 0.411. The van der Waals surface area contributed by atoms with E-state index in [1.165, 1.54) is 0 Å². The highest BCUT2D eigenvalue weighted by molar-refractivity contribution is 7.67. The topological polar surface area (TPSA) is 43.4 Å². The Balaban J connectivity index is 3.44.